The zero-order valence-electron chi connectivity index (χ0n) is 2.64. The van der Waals surface area contributed by atoms with Crippen molar-refractivity contribution in [1.82, 2.24) is 0 Å². The molecule has 0 amide bonds. The Morgan fingerprint density at radius 1 is 2.00 bits per heavy atom. The van der Waals surface area contributed by atoms with Crippen LogP contribution in [0.15, 0.2) is 16.9 Å². The van der Waals surface area contributed by atoms with E-state index in [9.17, 15) is 4.91 Å². The van der Waals surface area contributed by atoms with Crippen molar-refractivity contribution in [2.45, 2.75) is 6.42 Å². The molecule has 0 aromatic rings. The molecular formula is C3H3NO. The van der Waals surface area contributed by atoms with Crippen LogP contribution < -0.4 is 0 Å². The standard InChI is InChI=1S/C3H3NO/c5-4-3-1-2-3/h1H,2H2. The van der Waals surface area contributed by atoms with E-state index >= 15 is 0 Å². The Morgan fingerprint density at radius 2 is 2.60 bits per heavy atom. The van der Waals surface area contributed by atoms with Crippen LogP contribution in [0.25, 0.3) is 0 Å². The molecule has 0 radical (unpaired) electrons. The third kappa shape index (κ3) is 0.318. The molecule has 26 valence electrons. The lowest BCUT2D eigenvalue weighted by Crippen LogP contribution is -1.36. The predicted octanol–water partition coefficient (Wildman–Crippen LogP) is 1.04. The lowest BCUT2D eigenvalue weighted by Gasteiger charge is -1.50. The highest BCUT2D eigenvalue weighted by atomic mass is 16.3. The molecule has 0 aromatic heterocycles. The van der Waals surface area contributed by atoms with Crippen LogP contribution in [0.1, 0.15) is 6.42 Å². The van der Waals surface area contributed by atoms with Crippen LogP contribution in [0.4, 0.5) is 0 Å². The fraction of sp³-hybridized carbons (Fsp3) is 0.333. The van der Waals surface area contributed by atoms with Gasteiger partial charge in [-0.1, -0.05) is 6.08 Å². The van der Waals surface area contributed by atoms with Gasteiger partial charge in [-0.15, -0.1) is 4.91 Å². The van der Waals surface area contributed by atoms with E-state index in [0.29, 0.717) is 5.70 Å². The summed E-state index contributed by atoms with van der Waals surface area (Å²) in [6.07, 6.45) is 2.61. The maximum Gasteiger partial charge on any atom is 0.0851 e. The van der Waals surface area contributed by atoms with Gasteiger partial charge in [0.05, 0.1) is 5.70 Å². The van der Waals surface area contributed by atoms with E-state index in [2.05, 4.69) is 5.18 Å². The summed E-state index contributed by atoms with van der Waals surface area (Å²) in [5.41, 5.74) is 0.699. The molecule has 0 heterocycles. The Hall–Kier alpha value is -0.660. The van der Waals surface area contributed by atoms with Crippen molar-refractivity contribution >= 4 is 0 Å². The molecule has 0 atom stereocenters. The normalized spacial score (nSPS) is 17.2. The third-order valence-corrected chi connectivity index (χ3v) is 0.504. The SMILES string of the molecule is O=NC1=CC1. The van der Waals surface area contributed by atoms with Crippen LogP contribution >= 0.6 is 0 Å². The monoisotopic (exact) mass is 69.0 g/mol. The van der Waals surface area contributed by atoms with E-state index in [1.54, 1.807) is 6.08 Å². The second-order valence-corrected chi connectivity index (χ2v) is 0.991. The number of hydrogen-bond donors (Lipinski definition) is 0. The summed E-state index contributed by atoms with van der Waals surface area (Å²) >= 11 is 0. The third-order valence-electron chi connectivity index (χ3n) is 0.504. The van der Waals surface area contributed by atoms with Gasteiger partial charge in [0, 0.05) is 6.42 Å². The zero-order valence-corrected chi connectivity index (χ0v) is 2.64. The van der Waals surface area contributed by atoms with Crippen molar-refractivity contribution < 1.29 is 0 Å². The van der Waals surface area contributed by atoms with Gasteiger partial charge in [0.2, 0.25) is 0 Å². The maximum atomic E-state index is 9.25. The minimum Gasteiger partial charge on any atom is -0.145 e. The van der Waals surface area contributed by atoms with Crippen molar-refractivity contribution in [2.24, 2.45) is 5.18 Å². The molecule has 1 aliphatic carbocycles. The molecule has 1 aliphatic rings. The minimum atomic E-state index is 0.699. The van der Waals surface area contributed by atoms with E-state index in [4.69, 9.17) is 0 Å². The first-order chi connectivity index (χ1) is 2.43. The van der Waals surface area contributed by atoms with Crippen molar-refractivity contribution in [3.8, 4) is 0 Å². The summed E-state index contributed by atoms with van der Waals surface area (Å²) in [4.78, 5) is 9.25. The van der Waals surface area contributed by atoms with Gasteiger partial charge in [-0.3, -0.25) is 0 Å². The molecular weight excluding hydrogens is 66.0 g/mol. The van der Waals surface area contributed by atoms with Crippen LogP contribution in [-0.2, 0) is 0 Å². The highest BCUT2D eigenvalue weighted by Gasteiger charge is 2.03. The average molecular weight is 69.1 g/mol. The Balaban J connectivity index is 2.49. The summed E-state index contributed by atoms with van der Waals surface area (Å²) in [5, 5.41) is 2.61. The largest absolute Gasteiger partial charge is 0.145 e. The second-order valence-electron chi connectivity index (χ2n) is 0.991. The minimum absolute atomic E-state index is 0.699. The topological polar surface area (TPSA) is 29.4 Å². The predicted molar refractivity (Wildman–Crippen MR) is 18.5 cm³/mol. The molecule has 0 unspecified atom stereocenters. The van der Waals surface area contributed by atoms with E-state index in [0.717, 1.165) is 6.42 Å². The average Bonchev–Trinajstić information content (AvgIpc) is 2.12. The van der Waals surface area contributed by atoms with Crippen LogP contribution in [0.5, 0.6) is 0 Å². The Labute approximate surface area is 29.5 Å². The fourth-order valence-corrected chi connectivity index (χ4v) is 0.120. The van der Waals surface area contributed by atoms with Gasteiger partial charge in [0.25, 0.3) is 0 Å². The second kappa shape index (κ2) is 0.641. The van der Waals surface area contributed by atoms with Crippen LogP contribution in [0.3, 0.4) is 0 Å². The molecule has 0 spiro atoms. The van der Waals surface area contributed by atoms with Gasteiger partial charge in [-0.25, -0.2) is 0 Å². The maximum absolute atomic E-state index is 9.25. The van der Waals surface area contributed by atoms with Gasteiger partial charge in [-0.2, -0.15) is 0 Å². The van der Waals surface area contributed by atoms with Crippen molar-refractivity contribution in [1.29, 1.82) is 0 Å². The Kier molecular flexibility index (Phi) is 0.330. The molecule has 0 N–H and O–H groups in total. The first-order valence-corrected chi connectivity index (χ1v) is 1.46. The molecule has 2 heteroatoms. The van der Waals surface area contributed by atoms with Crippen LogP contribution in [-0.4, -0.2) is 0 Å². The molecule has 0 saturated carbocycles. The lowest BCUT2D eigenvalue weighted by atomic mass is 10.8. The van der Waals surface area contributed by atoms with Gasteiger partial charge < -0.3 is 0 Å². The van der Waals surface area contributed by atoms with Crippen molar-refractivity contribution in [2.75, 3.05) is 0 Å². The first kappa shape index (κ1) is 2.57. The van der Waals surface area contributed by atoms with E-state index < -0.39 is 0 Å². The lowest BCUT2D eigenvalue weighted by molar-refractivity contribution is 1.37. The molecule has 5 heavy (non-hydrogen) atoms. The quantitative estimate of drug-likeness (QED) is 0.423. The molecule has 0 fully saturated rings. The fourth-order valence-electron chi connectivity index (χ4n) is 0.120. The molecule has 0 saturated heterocycles. The van der Waals surface area contributed by atoms with Gasteiger partial charge in [0.1, 0.15) is 0 Å². The molecule has 0 bridgehead atoms. The summed E-state index contributed by atoms with van der Waals surface area (Å²) in [7, 11) is 0. The number of nitrogens with zero attached hydrogens (tertiary/aromatic N) is 1. The van der Waals surface area contributed by atoms with E-state index in [1.165, 1.54) is 0 Å². The van der Waals surface area contributed by atoms with Gasteiger partial charge in [0.15, 0.2) is 0 Å². The number of hydrogen-bond acceptors (Lipinski definition) is 2. The number of allylic oxidation sites excluding steroid dienone is 2. The highest BCUT2D eigenvalue weighted by molar-refractivity contribution is 5.19. The van der Waals surface area contributed by atoms with Gasteiger partial charge in [-0.05, 0) is 5.18 Å². The molecule has 0 aromatic carbocycles. The van der Waals surface area contributed by atoms with Crippen LogP contribution in [0.2, 0.25) is 0 Å². The zero-order chi connectivity index (χ0) is 3.70. The van der Waals surface area contributed by atoms with Crippen molar-refractivity contribution in [3.05, 3.63) is 16.7 Å². The Morgan fingerprint density at radius 3 is 2.60 bits per heavy atom. The van der Waals surface area contributed by atoms with Crippen LogP contribution in [0, 0.1) is 4.91 Å². The molecule has 0 aliphatic heterocycles. The highest BCUT2D eigenvalue weighted by Crippen LogP contribution is 2.17. The number of nitroso groups, excluding NO2 is 1. The first-order valence-electron chi connectivity index (χ1n) is 1.46. The molecule has 1 rings (SSSR count). The smallest absolute Gasteiger partial charge is 0.0851 e. The summed E-state index contributed by atoms with van der Waals surface area (Å²) in [5.74, 6) is 0. The van der Waals surface area contributed by atoms with E-state index in [-0.39, 0.29) is 0 Å². The number of rotatable bonds is 1. The van der Waals surface area contributed by atoms with E-state index in [1.807, 2.05) is 0 Å². The molecule has 2 nitrogen and oxygen atoms in total. The summed E-state index contributed by atoms with van der Waals surface area (Å²) in [6, 6.07) is 0. The Bertz CT molecular complexity index is 82.1. The summed E-state index contributed by atoms with van der Waals surface area (Å²) < 4.78 is 0. The van der Waals surface area contributed by atoms with Crippen molar-refractivity contribution in [3.63, 3.8) is 0 Å². The van der Waals surface area contributed by atoms with Gasteiger partial charge >= 0.3 is 0 Å². The summed E-state index contributed by atoms with van der Waals surface area (Å²) in [6.45, 7) is 0.